The first-order chi connectivity index (χ1) is 8.58. The van der Waals surface area contributed by atoms with Crippen molar-refractivity contribution < 1.29 is 9.90 Å². The second kappa shape index (κ2) is 4.83. The predicted octanol–water partition coefficient (Wildman–Crippen LogP) is 2.25. The van der Waals surface area contributed by atoms with Crippen LogP contribution in [-0.2, 0) is 0 Å². The number of aromatic nitrogens is 2. The van der Waals surface area contributed by atoms with Gasteiger partial charge in [0.1, 0.15) is 0 Å². The van der Waals surface area contributed by atoms with Crippen molar-refractivity contribution in [3.63, 3.8) is 0 Å². The lowest BCUT2D eigenvalue weighted by Gasteiger charge is -2.17. The number of carboxylic acid groups (broad SMARTS) is 1. The molecule has 0 aliphatic heterocycles. The van der Waals surface area contributed by atoms with Crippen molar-refractivity contribution >= 4 is 17.5 Å². The van der Waals surface area contributed by atoms with Crippen LogP contribution in [-0.4, -0.2) is 28.3 Å². The predicted molar refractivity (Wildman–Crippen MR) is 68.2 cm³/mol. The maximum Gasteiger partial charge on any atom is 0.356 e. The van der Waals surface area contributed by atoms with E-state index in [0.29, 0.717) is 5.82 Å². The number of nitrogens with zero attached hydrogens (tertiary/aromatic N) is 3. The van der Waals surface area contributed by atoms with Gasteiger partial charge in [0, 0.05) is 12.7 Å². The van der Waals surface area contributed by atoms with E-state index in [2.05, 4.69) is 10.2 Å². The molecule has 5 nitrogen and oxygen atoms in total. The second-order valence-corrected chi connectivity index (χ2v) is 3.98. The molecule has 18 heavy (non-hydrogen) atoms. The molecule has 0 amide bonds. The number of carboxylic acids is 1. The standard InChI is InChI=1S/C13H13N3O2/c1-9-4-3-5-10(8-9)16(2)12-7-6-11(13(17)18)14-15-12/h3-8H,1-2H3,(H,17,18). The first-order valence-corrected chi connectivity index (χ1v) is 5.45. The molecule has 0 fully saturated rings. The van der Waals surface area contributed by atoms with Gasteiger partial charge in [-0.1, -0.05) is 12.1 Å². The number of benzene rings is 1. The Balaban J connectivity index is 2.28. The third-order valence-corrected chi connectivity index (χ3v) is 2.60. The van der Waals surface area contributed by atoms with Gasteiger partial charge in [-0.25, -0.2) is 4.79 Å². The van der Waals surface area contributed by atoms with Crippen LogP contribution in [0.15, 0.2) is 36.4 Å². The molecule has 0 saturated carbocycles. The molecule has 1 aromatic heterocycles. The fourth-order valence-corrected chi connectivity index (χ4v) is 1.59. The summed E-state index contributed by atoms with van der Waals surface area (Å²) in [6, 6.07) is 11.0. The summed E-state index contributed by atoms with van der Waals surface area (Å²) >= 11 is 0. The van der Waals surface area contributed by atoms with Crippen LogP contribution in [0.2, 0.25) is 0 Å². The summed E-state index contributed by atoms with van der Waals surface area (Å²) in [6.45, 7) is 2.01. The zero-order valence-corrected chi connectivity index (χ0v) is 10.2. The monoisotopic (exact) mass is 243 g/mol. The van der Waals surface area contributed by atoms with Crippen LogP contribution in [0.1, 0.15) is 16.1 Å². The zero-order chi connectivity index (χ0) is 13.1. The van der Waals surface area contributed by atoms with Gasteiger partial charge in [-0.05, 0) is 36.8 Å². The maximum absolute atomic E-state index is 10.7. The molecule has 0 atom stereocenters. The van der Waals surface area contributed by atoms with Gasteiger partial charge in [-0.3, -0.25) is 0 Å². The highest BCUT2D eigenvalue weighted by Crippen LogP contribution is 2.21. The average molecular weight is 243 g/mol. The summed E-state index contributed by atoms with van der Waals surface area (Å²) in [5, 5.41) is 16.3. The first-order valence-electron chi connectivity index (χ1n) is 5.45. The van der Waals surface area contributed by atoms with Gasteiger partial charge in [0.05, 0.1) is 0 Å². The Labute approximate surface area is 105 Å². The topological polar surface area (TPSA) is 66.3 Å². The van der Waals surface area contributed by atoms with Gasteiger partial charge in [0.15, 0.2) is 11.5 Å². The number of aromatic carboxylic acids is 1. The molecule has 1 aromatic carbocycles. The first kappa shape index (κ1) is 12.0. The van der Waals surface area contributed by atoms with Gasteiger partial charge in [0.25, 0.3) is 0 Å². The van der Waals surface area contributed by atoms with Crippen molar-refractivity contribution in [1.29, 1.82) is 0 Å². The Morgan fingerprint density at radius 2 is 2.00 bits per heavy atom. The molecule has 0 saturated heterocycles. The van der Waals surface area contributed by atoms with Crippen LogP contribution >= 0.6 is 0 Å². The summed E-state index contributed by atoms with van der Waals surface area (Å²) in [4.78, 5) is 12.5. The van der Waals surface area contributed by atoms with E-state index in [-0.39, 0.29) is 5.69 Å². The third-order valence-electron chi connectivity index (χ3n) is 2.60. The van der Waals surface area contributed by atoms with Gasteiger partial charge in [-0.15, -0.1) is 10.2 Å². The molecule has 0 unspecified atom stereocenters. The van der Waals surface area contributed by atoms with Crippen molar-refractivity contribution in [2.24, 2.45) is 0 Å². The molecule has 0 spiro atoms. The number of carbonyl (C=O) groups is 1. The molecule has 92 valence electrons. The fraction of sp³-hybridized carbons (Fsp3) is 0.154. The Kier molecular flexibility index (Phi) is 3.23. The summed E-state index contributed by atoms with van der Waals surface area (Å²) in [5.74, 6) is -0.474. The summed E-state index contributed by atoms with van der Waals surface area (Å²) in [5.41, 5.74) is 2.07. The minimum atomic E-state index is -1.08. The lowest BCUT2D eigenvalue weighted by atomic mass is 10.2. The lowest BCUT2D eigenvalue weighted by molar-refractivity contribution is 0.0689. The van der Waals surface area contributed by atoms with E-state index in [9.17, 15) is 4.79 Å². The Hall–Kier alpha value is -2.43. The van der Waals surface area contributed by atoms with E-state index in [0.717, 1.165) is 11.3 Å². The third kappa shape index (κ3) is 2.45. The van der Waals surface area contributed by atoms with E-state index < -0.39 is 5.97 Å². The van der Waals surface area contributed by atoms with E-state index >= 15 is 0 Å². The lowest BCUT2D eigenvalue weighted by Crippen LogP contribution is -2.13. The van der Waals surface area contributed by atoms with Crippen molar-refractivity contribution in [2.45, 2.75) is 6.92 Å². The van der Waals surface area contributed by atoms with Crippen molar-refractivity contribution in [1.82, 2.24) is 10.2 Å². The molecule has 5 heteroatoms. The molecule has 0 aliphatic rings. The van der Waals surface area contributed by atoms with E-state index in [1.54, 1.807) is 6.07 Å². The van der Waals surface area contributed by atoms with Crippen LogP contribution in [0, 0.1) is 6.92 Å². The Morgan fingerprint density at radius 3 is 2.56 bits per heavy atom. The number of hydrogen-bond donors (Lipinski definition) is 1. The van der Waals surface area contributed by atoms with Crippen molar-refractivity contribution in [3.05, 3.63) is 47.7 Å². The molecular formula is C13H13N3O2. The molecule has 0 bridgehead atoms. The van der Waals surface area contributed by atoms with Gasteiger partial charge < -0.3 is 10.0 Å². The maximum atomic E-state index is 10.7. The minimum absolute atomic E-state index is 0.0589. The van der Waals surface area contributed by atoms with Crippen LogP contribution in [0.3, 0.4) is 0 Å². The summed E-state index contributed by atoms with van der Waals surface area (Å²) < 4.78 is 0. The largest absolute Gasteiger partial charge is 0.476 e. The van der Waals surface area contributed by atoms with Crippen molar-refractivity contribution in [3.8, 4) is 0 Å². The van der Waals surface area contributed by atoms with E-state index in [1.807, 2.05) is 43.1 Å². The molecular weight excluding hydrogens is 230 g/mol. The average Bonchev–Trinajstić information content (AvgIpc) is 2.38. The molecule has 1 N–H and O–H groups in total. The highest BCUT2D eigenvalue weighted by atomic mass is 16.4. The van der Waals surface area contributed by atoms with Crippen LogP contribution in [0.25, 0.3) is 0 Å². The zero-order valence-electron chi connectivity index (χ0n) is 10.2. The van der Waals surface area contributed by atoms with Crippen molar-refractivity contribution in [2.75, 3.05) is 11.9 Å². The SMILES string of the molecule is Cc1cccc(N(C)c2ccc(C(=O)O)nn2)c1. The van der Waals surface area contributed by atoms with Gasteiger partial charge in [-0.2, -0.15) is 0 Å². The van der Waals surface area contributed by atoms with E-state index in [4.69, 9.17) is 5.11 Å². The minimum Gasteiger partial charge on any atom is -0.476 e. The van der Waals surface area contributed by atoms with Gasteiger partial charge in [0.2, 0.25) is 0 Å². The summed E-state index contributed by atoms with van der Waals surface area (Å²) in [7, 11) is 1.86. The van der Waals surface area contributed by atoms with E-state index in [1.165, 1.54) is 6.07 Å². The van der Waals surface area contributed by atoms with Crippen LogP contribution in [0.5, 0.6) is 0 Å². The number of anilines is 2. The van der Waals surface area contributed by atoms with Gasteiger partial charge >= 0.3 is 5.97 Å². The second-order valence-electron chi connectivity index (χ2n) is 3.98. The summed E-state index contributed by atoms with van der Waals surface area (Å²) in [6.07, 6.45) is 0. The van der Waals surface area contributed by atoms with Crippen LogP contribution in [0.4, 0.5) is 11.5 Å². The Bertz CT molecular complexity index is 567. The number of hydrogen-bond acceptors (Lipinski definition) is 4. The molecule has 2 aromatic rings. The molecule has 1 heterocycles. The Morgan fingerprint density at radius 1 is 1.22 bits per heavy atom. The van der Waals surface area contributed by atoms with Crippen LogP contribution < -0.4 is 4.90 Å². The fourth-order valence-electron chi connectivity index (χ4n) is 1.59. The highest BCUT2D eigenvalue weighted by molar-refractivity contribution is 5.85. The smallest absolute Gasteiger partial charge is 0.356 e. The quantitative estimate of drug-likeness (QED) is 0.895. The highest BCUT2D eigenvalue weighted by Gasteiger charge is 2.09. The molecule has 2 rings (SSSR count). The molecule has 0 radical (unpaired) electrons. The number of aryl methyl sites for hydroxylation is 1. The molecule has 0 aliphatic carbocycles. The normalized spacial score (nSPS) is 10.1. The number of rotatable bonds is 3.